The van der Waals surface area contributed by atoms with E-state index in [1.807, 2.05) is 0 Å². The molecule has 0 amide bonds. The molecular formula is C13H16ClN3OS. The van der Waals surface area contributed by atoms with Crippen molar-refractivity contribution in [2.75, 3.05) is 11.5 Å². The maximum Gasteiger partial charge on any atom is 0.261 e. The summed E-state index contributed by atoms with van der Waals surface area (Å²) in [5.41, 5.74) is 7.03. The van der Waals surface area contributed by atoms with Gasteiger partial charge in [0.05, 0.1) is 16.3 Å². The first-order chi connectivity index (χ1) is 9.08. The van der Waals surface area contributed by atoms with E-state index in [0.29, 0.717) is 33.9 Å². The molecule has 0 aliphatic carbocycles. The molecule has 0 radical (unpaired) electrons. The van der Waals surface area contributed by atoms with E-state index in [9.17, 15) is 0 Å². The summed E-state index contributed by atoms with van der Waals surface area (Å²) in [5, 5.41) is 4.47. The first-order valence-electron chi connectivity index (χ1n) is 6.02. The zero-order valence-corrected chi connectivity index (χ0v) is 12.5. The predicted molar refractivity (Wildman–Crippen MR) is 80.2 cm³/mol. The van der Waals surface area contributed by atoms with Crippen LogP contribution < -0.4 is 5.73 Å². The fraction of sp³-hybridized carbons (Fsp3) is 0.385. The van der Waals surface area contributed by atoms with Gasteiger partial charge >= 0.3 is 0 Å². The van der Waals surface area contributed by atoms with Crippen molar-refractivity contribution in [2.45, 2.75) is 19.6 Å². The van der Waals surface area contributed by atoms with Gasteiger partial charge in [-0.2, -0.15) is 16.7 Å². The van der Waals surface area contributed by atoms with Crippen molar-refractivity contribution in [3.8, 4) is 11.5 Å². The largest absolute Gasteiger partial charge is 0.398 e. The first kappa shape index (κ1) is 14.2. The minimum atomic E-state index is 0.378. The van der Waals surface area contributed by atoms with Gasteiger partial charge in [0.2, 0.25) is 0 Å². The molecule has 2 N–H and O–H groups in total. The monoisotopic (exact) mass is 297 g/mol. The van der Waals surface area contributed by atoms with Gasteiger partial charge in [0, 0.05) is 5.69 Å². The fourth-order valence-corrected chi connectivity index (χ4v) is 2.72. The normalized spacial score (nSPS) is 11.2. The number of aromatic nitrogens is 2. The highest BCUT2D eigenvalue weighted by Gasteiger charge is 2.15. The van der Waals surface area contributed by atoms with Crippen LogP contribution in [0.4, 0.5) is 5.69 Å². The Labute approximate surface area is 121 Å². The minimum Gasteiger partial charge on any atom is -0.398 e. The van der Waals surface area contributed by atoms with E-state index in [1.54, 1.807) is 30.0 Å². The van der Waals surface area contributed by atoms with Gasteiger partial charge in [-0.3, -0.25) is 0 Å². The highest BCUT2D eigenvalue weighted by atomic mass is 35.5. The Morgan fingerprint density at radius 2 is 2.21 bits per heavy atom. The van der Waals surface area contributed by atoms with Crippen LogP contribution in [0.2, 0.25) is 5.02 Å². The van der Waals surface area contributed by atoms with Crippen LogP contribution in [0.25, 0.3) is 11.5 Å². The van der Waals surface area contributed by atoms with E-state index < -0.39 is 0 Å². The molecule has 0 aliphatic heterocycles. The Morgan fingerprint density at radius 3 is 2.89 bits per heavy atom. The summed E-state index contributed by atoms with van der Waals surface area (Å²) in [5.74, 6) is 3.49. The molecule has 0 unspecified atom stereocenters. The highest BCUT2D eigenvalue weighted by Crippen LogP contribution is 2.32. The van der Waals surface area contributed by atoms with E-state index in [2.05, 4.69) is 24.0 Å². The molecular weight excluding hydrogens is 282 g/mol. The predicted octanol–water partition coefficient (Wildman–Crippen LogP) is 3.86. The molecule has 19 heavy (non-hydrogen) atoms. The Balaban J connectivity index is 2.12. The molecule has 1 aromatic carbocycles. The Bertz CT molecular complexity index is 536. The second-order valence-corrected chi connectivity index (χ2v) is 6.07. The maximum atomic E-state index is 6.11. The van der Waals surface area contributed by atoms with Crippen LogP contribution in [-0.2, 0) is 5.75 Å². The van der Waals surface area contributed by atoms with Crippen molar-refractivity contribution < 1.29 is 4.52 Å². The molecule has 0 fully saturated rings. The number of nitrogen functional groups attached to an aromatic ring is 1. The van der Waals surface area contributed by atoms with Crippen molar-refractivity contribution in [2.24, 2.45) is 5.92 Å². The average molecular weight is 298 g/mol. The Hall–Kier alpha value is -1.20. The van der Waals surface area contributed by atoms with Crippen molar-refractivity contribution >= 4 is 29.1 Å². The Kier molecular flexibility index (Phi) is 4.71. The quantitative estimate of drug-likeness (QED) is 0.849. The molecule has 2 aromatic rings. The van der Waals surface area contributed by atoms with Crippen LogP contribution in [0, 0.1) is 5.92 Å². The number of halogens is 1. The first-order valence-corrected chi connectivity index (χ1v) is 7.56. The topological polar surface area (TPSA) is 64.9 Å². The van der Waals surface area contributed by atoms with E-state index in [4.69, 9.17) is 21.9 Å². The summed E-state index contributed by atoms with van der Waals surface area (Å²) in [7, 11) is 0. The van der Waals surface area contributed by atoms with Gasteiger partial charge in [-0.25, -0.2) is 0 Å². The van der Waals surface area contributed by atoms with Crippen LogP contribution in [0.5, 0.6) is 0 Å². The fourth-order valence-electron chi connectivity index (χ4n) is 1.57. The highest BCUT2D eigenvalue weighted by molar-refractivity contribution is 7.98. The number of hydrogen-bond acceptors (Lipinski definition) is 5. The van der Waals surface area contributed by atoms with E-state index >= 15 is 0 Å². The van der Waals surface area contributed by atoms with Crippen LogP contribution in [0.3, 0.4) is 0 Å². The molecule has 2 rings (SSSR count). The van der Waals surface area contributed by atoms with Crippen LogP contribution in [0.15, 0.2) is 22.7 Å². The molecule has 1 heterocycles. The summed E-state index contributed by atoms with van der Waals surface area (Å²) in [6.45, 7) is 4.36. The smallest absolute Gasteiger partial charge is 0.261 e. The van der Waals surface area contributed by atoms with Gasteiger partial charge in [0.25, 0.3) is 5.89 Å². The number of nitrogens with two attached hydrogens (primary N) is 1. The van der Waals surface area contributed by atoms with Crippen LogP contribution >= 0.6 is 23.4 Å². The molecule has 0 saturated heterocycles. The number of rotatable bonds is 5. The van der Waals surface area contributed by atoms with Gasteiger partial charge in [0.1, 0.15) is 0 Å². The summed E-state index contributed by atoms with van der Waals surface area (Å²) < 4.78 is 5.23. The van der Waals surface area contributed by atoms with Gasteiger partial charge in [-0.05, 0) is 23.8 Å². The summed E-state index contributed by atoms with van der Waals surface area (Å²) in [6, 6.07) is 5.31. The average Bonchev–Trinajstić information content (AvgIpc) is 2.77. The number of benzene rings is 1. The molecule has 1 aromatic heterocycles. The van der Waals surface area contributed by atoms with Crippen molar-refractivity contribution in [1.29, 1.82) is 0 Å². The lowest BCUT2D eigenvalue weighted by Gasteiger charge is -2.02. The molecule has 0 aliphatic rings. The van der Waals surface area contributed by atoms with Crippen molar-refractivity contribution in [1.82, 2.24) is 10.1 Å². The second kappa shape index (κ2) is 6.30. The summed E-state index contributed by atoms with van der Waals surface area (Å²) in [4.78, 5) is 4.34. The number of hydrogen-bond donors (Lipinski definition) is 1. The minimum absolute atomic E-state index is 0.378. The molecule has 0 bridgehead atoms. The third-order valence-electron chi connectivity index (χ3n) is 2.41. The van der Waals surface area contributed by atoms with Gasteiger partial charge < -0.3 is 10.3 Å². The maximum absolute atomic E-state index is 6.11. The molecule has 6 heteroatoms. The Morgan fingerprint density at radius 1 is 1.42 bits per heavy atom. The number of thioether (sulfide) groups is 1. The van der Waals surface area contributed by atoms with E-state index in [0.717, 1.165) is 11.5 Å². The molecule has 0 spiro atoms. The molecule has 4 nitrogen and oxygen atoms in total. The lowest BCUT2D eigenvalue weighted by molar-refractivity contribution is 0.425. The summed E-state index contributed by atoms with van der Waals surface area (Å²) >= 11 is 7.89. The molecule has 0 saturated carbocycles. The third-order valence-corrected chi connectivity index (χ3v) is 4.09. The summed E-state index contributed by atoms with van der Waals surface area (Å²) in [6.07, 6.45) is 0. The lowest BCUT2D eigenvalue weighted by Crippen LogP contribution is -1.93. The van der Waals surface area contributed by atoms with Gasteiger partial charge in [-0.1, -0.05) is 36.7 Å². The number of nitrogens with zero attached hydrogens (tertiary/aromatic N) is 2. The lowest BCUT2D eigenvalue weighted by atomic mass is 10.2. The van der Waals surface area contributed by atoms with Crippen LogP contribution in [-0.4, -0.2) is 15.9 Å². The second-order valence-electron chi connectivity index (χ2n) is 4.63. The van der Waals surface area contributed by atoms with Crippen molar-refractivity contribution in [3.05, 3.63) is 29.0 Å². The van der Waals surface area contributed by atoms with Crippen LogP contribution in [0.1, 0.15) is 19.7 Å². The van der Waals surface area contributed by atoms with Gasteiger partial charge in [-0.15, -0.1) is 0 Å². The third kappa shape index (κ3) is 3.64. The van der Waals surface area contributed by atoms with E-state index in [-0.39, 0.29) is 0 Å². The zero-order chi connectivity index (χ0) is 13.8. The molecule has 0 atom stereocenters. The van der Waals surface area contributed by atoms with Crippen molar-refractivity contribution in [3.63, 3.8) is 0 Å². The van der Waals surface area contributed by atoms with Gasteiger partial charge in [0.15, 0.2) is 5.82 Å². The zero-order valence-electron chi connectivity index (χ0n) is 10.9. The SMILES string of the molecule is CC(C)CSCc1noc(-c2c(N)cccc2Cl)n1. The molecule has 102 valence electrons. The standard InChI is InChI=1S/C13H16ClN3OS/c1-8(2)6-19-7-11-16-13(18-17-11)12-9(14)4-3-5-10(12)15/h3-5,8H,6-7,15H2,1-2H3. The van der Waals surface area contributed by atoms with E-state index in [1.165, 1.54) is 0 Å². The number of anilines is 1.